The molecule has 1 heterocycles. The van der Waals surface area contributed by atoms with Crippen molar-refractivity contribution in [3.05, 3.63) is 0 Å². The molecule has 1 rings (SSSR count). The summed E-state index contributed by atoms with van der Waals surface area (Å²) in [6, 6.07) is -1.16. The number of aliphatic hydroxyl groups is 7. The Morgan fingerprint density at radius 1 is 0.413 bits per heavy atom. The van der Waals surface area contributed by atoms with Gasteiger partial charge < -0.3 is 50.5 Å². The van der Waals surface area contributed by atoms with E-state index in [2.05, 4.69) is 19.2 Å². The molecule has 75 heavy (non-hydrogen) atoms. The van der Waals surface area contributed by atoms with Crippen LogP contribution in [-0.2, 0) is 14.3 Å². The first kappa shape index (κ1) is 72.1. The maximum atomic E-state index is 13.2. The first-order chi connectivity index (χ1) is 36.7. The Labute approximate surface area is 462 Å². The monoisotopic (exact) mass is 1070 g/mol. The third-order valence-corrected chi connectivity index (χ3v) is 16.4. The lowest BCUT2D eigenvalue weighted by molar-refractivity contribution is -0.303. The molecule has 0 aromatic heterocycles. The topological polar surface area (TPSA) is 189 Å². The van der Waals surface area contributed by atoms with E-state index in [0.29, 0.717) is 19.3 Å². The summed E-state index contributed by atoms with van der Waals surface area (Å²) in [4.78, 5) is 13.2. The zero-order valence-corrected chi connectivity index (χ0v) is 49.3. The SMILES string of the molecule is CCCCCCCCCCCCCCCCCCCCCCCCCCCCCCCCCCC(O)C(O)C(COC1OC(CO)C(O)C(O)C1O)NC(=O)C(O)CCCCCCCCCCCCCCCCCC. The number of nitrogens with one attached hydrogen (secondary N) is 1. The second-order valence-corrected chi connectivity index (χ2v) is 23.6. The molecule has 8 N–H and O–H groups in total. The molecule has 11 nitrogen and oxygen atoms in total. The number of ether oxygens (including phenoxy) is 2. The van der Waals surface area contributed by atoms with Gasteiger partial charge in [-0.05, 0) is 12.8 Å². The van der Waals surface area contributed by atoms with Crippen molar-refractivity contribution in [3.8, 4) is 0 Å². The molecule has 1 saturated heterocycles. The maximum Gasteiger partial charge on any atom is 0.249 e. The highest BCUT2D eigenvalue weighted by Gasteiger charge is 2.44. The van der Waals surface area contributed by atoms with Crippen molar-refractivity contribution >= 4 is 5.91 Å². The summed E-state index contributed by atoms with van der Waals surface area (Å²) < 4.78 is 11.2. The summed E-state index contributed by atoms with van der Waals surface area (Å²) in [6.45, 7) is 3.51. The molecule has 0 aromatic rings. The van der Waals surface area contributed by atoms with Gasteiger partial charge in [-0.1, -0.05) is 322 Å². The van der Waals surface area contributed by atoms with E-state index in [1.54, 1.807) is 0 Å². The minimum Gasteiger partial charge on any atom is -0.394 e. The number of amides is 1. The fourth-order valence-electron chi connectivity index (χ4n) is 11.1. The Hall–Kier alpha value is -0.890. The Kier molecular flexibility index (Phi) is 51.7. The van der Waals surface area contributed by atoms with E-state index in [1.807, 2.05) is 0 Å². The van der Waals surface area contributed by atoms with Crippen LogP contribution in [0.4, 0.5) is 0 Å². The largest absolute Gasteiger partial charge is 0.394 e. The zero-order chi connectivity index (χ0) is 54.7. The Morgan fingerprint density at radius 2 is 0.693 bits per heavy atom. The number of rotatable bonds is 58. The molecule has 1 amide bonds. The smallest absolute Gasteiger partial charge is 0.249 e. The van der Waals surface area contributed by atoms with Crippen molar-refractivity contribution in [2.75, 3.05) is 13.2 Å². The van der Waals surface area contributed by atoms with Crippen LogP contribution in [-0.4, -0.2) is 110 Å². The molecule has 9 atom stereocenters. The predicted octanol–water partition coefficient (Wildman–Crippen LogP) is 14.9. The average molecular weight is 1070 g/mol. The van der Waals surface area contributed by atoms with Gasteiger partial charge in [0.1, 0.15) is 36.6 Å². The van der Waals surface area contributed by atoms with Gasteiger partial charge in [0, 0.05) is 0 Å². The fraction of sp³-hybridized carbons (Fsp3) is 0.984. The van der Waals surface area contributed by atoms with Crippen LogP contribution in [0.15, 0.2) is 0 Å². The Morgan fingerprint density at radius 3 is 0.987 bits per heavy atom. The Bertz CT molecular complexity index is 1180. The number of carbonyl (C=O) groups excluding carboxylic acids is 1. The van der Waals surface area contributed by atoms with Gasteiger partial charge in [-0.3, -0.25) is 4.79 Å². The lowest BCUT2D eigenvalue weighted by Gasteiger charge is -2.40. The van der Waals surface area contributed by atoms with Crippen LogP contribution in [0.5, 0.6) is 0 Å². The van der Waals surface area contributed by atoms with E-state index in [9.17, 15) is 40.5 Å². The summed E-state index contributed by atoms with van der Waals surface area (Å²) in [6.07, 6.45) is 51.8. The standard InChI is InChI=1S/C64H127NO10/c1-3-5-7-9-11-13-15-17-19-21-22-23-24-25-26-27-28-29-30-31-32-33-34-35-36-38-39-41-43-45-47-49-51-56(67)59(69)55(54-74-64-62(72)61(71)60(70)58(53-66)75-64)65-63(73)57(68)52-50-48-46-44-42-40-37-20-18-16-14-12-10-8-6-4-2/h55-62,64,66-72H,3-54H2,1-2H3,(H,65,73). The number of unbranched alkanes of at least 4 members (excludes halogenated alkanes) is 46. The minimum atomic E-state index is -1.66. The number of carbonyl (C=O) groups is 1. The van der Waals surface area contributed by atoms with E-state index in [4.69, 9.17) is 9.47 Å². The van der Waals surface area contributed by atoms with Gasteiger partial charge in [-0.25, -0.2) is 0 Å². The van der Waals surface area contributed by atoms with E-state index in [-0.39, 0.29) is 6.42 Å². The summed E-state index contributed by atoms with van der Waals surface area (Å²) in [5, 5.41) is 76.3. The van der Waals surface area contributed by atoms with E-state index >= 15 is 0 Å². The molecule has 448 valence electrons. The van der Waals surface area contributed by atoms with Gasteiger partial charge in [-0.15, -0.1) is 0 Å². The second kappa shape index (κ2) is 53.7. The normalized spacial score (nSPS) is 19.6. The number of hydrogen-bond donors (Lipinski definition) is 8. The molecular formula is C64H127NO10. The van der Waals surface area contributed by atoms with Crippen molar-refractivity contribution in [2.24, 2.45) is 0 Å². The molecule has 1 fully saturated rings. The van der Waals surface area contributed by atoms with Crippen LogP contribution in [0.1, 0.15) is 335 Å². The lowest BCUT2D eigenvalue weighted by atomic mass is 9.98. The highest BCUT2D eigenvalue weighted by molar-refractivity contribution is 5.80. The van der Waals surface area contributed by atoms with Crippen LogP contribution in [0.25, 0.3) is 0 Å². The van der Waals surface area contributed by atoms with Crippen molar-refractivity contribution in [3.63, 3.8) is 0 Å². The van der Waals surface area contributed by atoms with Gasteiger partial charge in [0.25, 0.3) is 0 Å². The number of hydrogen-bond acceptors (Lipinski definition) is 10. The highest BCUT2D eigenvalue weighted by atomic mass is 16.7. The third kappa shape index (κ3) is 41.7. The molecule has 0 aromatic carbocycles. The van der Waals surface area contributed by atoms with Crippen LogP contribution < -0.4 is 5.32 Å². The van der Waals surface area contributed by atoms with Crippen molar-refractivity contribution in [1.29, 1.82) is 0 Å². The zero-order valence-electron chi connectivity index (χ0n) is 49.3. The van der Waals surface area contributed by atoms with Crippen molar-refractivity contribution in [1.82, 2.24) is 5.32 Å². The summed E-state index contributed by atoms with van der Waals surface area (Å²) >= 11 is 0. The molecule has 0 saturated carbocycles. The lowest BCUT2D eigenvalue weighted by Crippen LogP contribution is -2.60. The van der Waals surface area contributed by atoms with Crippen LogP contribution in [0.2, 0.25) is 0 Å². The summed E-state index contributed by atoms with van der Waals surface area (Å²) in [7, 11) is 0. The summed E-state index contributed by atoms with van der Waals surface area (Å²) in [5.41, 5.74) is 0. The van der Waals surface area contributed by atoms with E-state index in [1.165, 1.54) is 257 Å². The van der Waals surface area contributed by atoms with Gasteiger partial charge in [0.15, 0.2) is 6.29 Å². The number of aliphatic hydroxyl groups excluding tert-OH is 7. The molecular weight excluding hydrogens is 943 g/mol. The molecule has 0 radical (unpaired) electrons. The van der Waals surface area contributed by atoms with Crippen molar-refractivity contribution in [2.45, 2.75) is 390 Å². The quantitative estimate of drug-likeness (QED) is 0.0272. The maximum absolute atomic E-state index is 13.2. The molecule has 1 aliphatic rings. The first-order valence-electron chi connectivity index (χ1n) is 32.9. The Balaban J connectivity index is 2.17. The van der Waals surface area contributed by atoms with Gasteiger partial charge in [0.05, 0.1) is 25.4 Å². The third-order valence-electron chi connectivity index (χ3n) is 16.4. The van der Waals surface area contributed by atoms with Crippen molar-refractivity contribution < 1.29 is 50.0 Å². The van der Waals surface area contributed by atoms with Gasteiger partial charge in [-0.2, -0.15) is 0 Å². The van der Waals surface area contributed by atoms with Gasteiger partial charge >= 0.3 is 0 Å². The van der Waals surface area contributed by atoms with Gasteiger partial charge in [0.2, 0.25) is 5.91 Å². The molecule has 11 heteroatoms. The predicted molar refractivity (Wildman–Crippen MR) is 312 cm³/mol. The van der Waals surface area contributed by atoms with Crippen LogP contribution >= 0.6 is 0 Å². The molecule has 0 aliphatic carbocycles. The summed E-state index contributed by atoms with van der Waals surface area (Å²) in [5.74, 6) is -0.689. The van der Waals surface area contributed by atoms with E-state index in [0.717, 1.165) is 38.5 Å². The molecule has 1 aliphatic heterocycles. The molecule has 0 bridgehead atoms. The second-order valence-electron chi connectivity index (χ2n) is 23.6. The minimum absolute atomic E-state index is 0.267. The average Bonchev–Trinajstić information content (AvgIpc) is 3.41. The molecule has 0 spiro atoms. The molecule has 9 unspecified atom stereocenters. The van der Waals surface area contributed by atoms with Crippen LogP contribution in [0.3, 0.4) is 0 Å². The van der Waals surface area contributed by atoms with E-state index < -0.39 is 74.2 Å². The highest BCUT2D eigenvalue weighted by Crippen LogP contribution is 2.24. The fourth-order valence-corrected chi connectivity index (χ4v) is 11.1. The van der Waals surface area contributed by atoms with Crippen LogP contribution in [0, 0.1) is 0 Å². The first-order valence-corrected chi connectivity index (χ1v) is 32.9.